The lowest BCUT2D eigenvalue weighted by atomic mass is 9.91. The first-order valence-corrected chi connectivity index (χ1v) is 6.43. The van der Waals surface area contributed by atoms with E-state index in [-0.39, 0.29) is 12.0 Å². The van der Waals surface area contributed by atoms with Gasteiger partial charge in [-0.1, -0.05) is 18.2 Å². The van der Waals surface area contributed by atoms with Gasteiger partial charge in [0.05, 0.1) is 0 Å². The van der Waals surface area contributed by atoms with Crippen LogP contribution >= 0.6 is 0 Å². The quantitative estimate of drug-likeness (QED) is 0.775. The summed E-state index contributed by atoms with van der Waals surface area (Å²) in [5, 5.41) is 3.25. The van der Waals surface area contributed by atoms with Gasteiger partial charge in [-0.2, -0.15) is 0 Å². The largest absolute Gasteiger partial charge is 0.459 e. The van der Waals surface area contributed by atoms with Crippen molar-refractivity contribution in [2.75, 3.05) is 6.54 Å². The average Bonchev–Trinajstić information content (AvgIpc) is 2.26. The maximum Gasteiger partial charge on any atom is 0.328 e. The summed E-state index contributed by atoms with van der Waals surface area (Å²) in [6.45, 7) is 8.60. The van der Waals surface area contributed by atoms with Crippen LogP contribution in [0.3, 0.4) is 0 Å². The van der Waals surface area contributed by atoms with Gasteiger partial charge in [0.15, 0.2) is 0 Å². The molecular formula is C15H21NO2. The lowest BCUT2D eigenvalue weighted by Crippen LogP contribution is -2.39. The van der Waals surface area contributed by atoms with Crippen molar-refractivity contribution in [1.29, 1.82) is 0 Å². The molecule has 1 atom stereocenters. The molecule has 0 radical (unpaired) electrons. The zero-order valence-electron chi connectivity index (χ0n) is 11.5. The van der Waals surface area contributed by atoms with Crippen molar-refractivity contribution in [1.82, 2.24) is 5.32 Å². The van der Waals surface area contributed by atoms with E-state index in [1.54, 1.807) is 0 Å². The molecule has 0 bridgehead atoms. The molecule has 0 amide bonds. The van der Waals surface area contributed by atoms with Crippen LogP contribution in [0.5, 0.6) is 0 Å². The van der Waals surface area contributed by atoms with Crippen molar-refractivity contribution in [2.24, 2.45) is 0 Å². The van der Waals surface area contributed by atoms with Crippen LogP contribution in [-0.2, 0) is 16.0 Å². The third kappa shape index (κ3) is 2.72. The number of ether oxygens (including phenoxy) is 1. The molecule has 1 aromatic carbocycles. The van der Waals surface area contributed by atoms with E-state index in [2.05, 4.69) is 18.3 Å². The molecule has 18 heavy (non-hydrogen) atoms. The summed E-state index contributed by atoms with van der Waals surface area (Å²) in [6.07, 6.45) is 0.974. The standard InChI is InChI=1S/C15H21NO2/c1-10-6-5-7-12-11(10)8-9-16-13(12)14(17)18-15(2,3)4/h5-7,13,16H,8-9H2,1-4H3. The summed E-state index contributed by atoms with van der Waals surface area (Å²) in [5.41, 5.74) is 3.16. The highest BCUT2D eigenvalue weighted by atomic mass is 16.6. The number of aryl methyl sites for hydroxylation is 1. The molecule has 0 saturated carbocycles. The van der Waals surface area contributed by atoms with Gasteiger partial charge in [0.2, 0.25) is 0 Å². The summed E-state index contributed by atoms with van der Waals surface area (Å²) < 4.78 is 5.47. The Morgan fingerprint density at radius 2 is 2.11 bits per heavy atom. The Labute approximate surface area is 109 Å². The lowest BCUT2D eigenvalue weighted by Gasteiger charge is -2.29. The molecule has 1 heterocycles. The highest BCUT2D eigenvalue weighted by Gasteiger charge is 2.30. The van der Waals surface area contributed by atoms with Gasteiger partial charge in [0, 0.05) is 6.54 Å². The fourth-order valence-electron chi connectivity index (χ4n) is 2.36. The number of carbonyl (C=O) groups is 1. The van der Waals surface area contributed by atoms with E-state index >= 15 is 0 Å². The van der Waals surface area contributed by atoms with E-state index in [0.29, 0.717) is 0 Å². The first-order valence-electron chi connectivity index (χ1n) is 6.43. The molecule has 1 aromatic rings. The van der Waals surface area contributed by atoms with Crippen LogP contribution in [0.25, 0.3) is 0 Å². The van der Waals surface area contributed by atoms with Crippen molar-refractivity contribution < 1.29 is 9.53 Å². The third-order valence-corrected chi connectivity index (χ3v) is 3.12. The second kappa shape index (κ2) is 4.73. The SMILES string of the molecule is Cc1cccc2c1CCNC2C(=O)OC(C)(C)C. The highest BCUT2D eigenvalue weighted by Crippen LogP contribution is 2.27. The zero-order valence-corrected chi connectivity index (χ0v) is 11.5. The molecule has 98 valence electrons. The van der Waals surface area contributed by atoms with E-state index in [4.69, 9.17) is 4.74 Å². The van der Waals surface area contributed by atoms with E-state index in [1.807, 2.05) is 32.9 Å². The van der Waals surface area contributed by atoms with Crippen molar-refractivity contribution in [2.45, 2.75) is 45.8 Å². The number of rotatable bonds is 1. The predicted octanol–water partition coefficient (Wildman–Crippen LogP) is 2.52. The minimum absolute atomic E-state index is 0.186. The number of hydrogen-bond acceptors (Lipinski definition) is 3. The minimum Gasteiger partial charge on any atom is -0.459 e. The van der Waals surface area contributed by atoms with E-state index < -0.39 is 5.60 Å². The molecule has 1 N–H and O–H groups in total. The average molecular weight is 247 g/mol. The molecule has 3 heteroatoms. The van der Waals surface area contributed by atoms with E-state index in [9.17, 15) is 4.79 Å². The minimum atomic E-state index is -0.444. The van der Waals surface area contributed by atoms with Crippen LogP contribution in [0, 0.1) is 6.92 Å². The van der Waals surface area contributed by atoms with Crippen LogP contribution in [0.4, 0.5) is 0 Å². The number of hydrogen-bond donors (Lipinski definition) is 1. The van der Waals surface area contributed by atoms with Crippen LogP contribution in [-0.4, -0.2) is 18.1 Å². The van der Waals surface area contributed by atoms with Crippen molar-refractivity contribution in [3.63, 3.8) is 0 Å². The number of benzene rings is 1. The molecule has 0 aromatic heterocycles. The first kappa shape index (κ1) is 13.1. The molecular weight excluding hydrogens is 226 g/mol. The summed E-state index contributed by atoms with van der Waals surface area (Å²) in [4.78, 5) is 12.2. The molecule has 3 nitrogen and oxygen atoms in total. The monoisotopic (exact) mass is 247 g/mol. The number of nitrogens with one attached hydrogen (secondary N) is 1. The number of carbonyl (C=O) groups excluding carboxylic acids is 1. The Hall–Kier alpha value is -1.35. The fourth-order valence-corrected chi connectivity index (χ4v) is 2.36. The second-order valence-corrected chi connectivity index (χ2v) is 5.81. The molecule has 0 spiro atoms. The smallest absolute Gasteiger partial charge is 0.328 e. The van der Waals surface area contributed by atoms with Gasteiger partial charge in [0.1, 0.15) is 11.6 Å². The molecule has 2 rings (SSSR count). The second-order valence-electron chi connectivity index (χ2n) is 5.81. The summed E-state index contributed by atoms with van der Waals surface area (Å²) in [7, 11) is 0. The number of esters is 1. The summed E-state index contributed by atoms with van der Waals surface area (Å²) >= 11 is 0. The van der Waals surface area contributed by atoms with Crippen LogP contribution in [0.15, 0.2) is 18.2 Å². The molecule has 1 aliphatic rings. The van der Waals surface area contributed by atoms with Gasteiger partial charge in [-0.3, -0.25) is 0 Å². The Morgan fingerprint density at radius 3 is 2.78 bits per heavy atom. The van der Waals surface area contributed by atoms with Gasteiger partial charge >= 0.3 is 5.97 Å². The number of fused-ring (bicyclic) bond motifs is 1. The summed E-state index contributed by atoms with van der Waals surface area (Å²) in [6, 6.07) is 5.78. The van der Waals surface area contributed by atoms with Crippen LogP contribution < -0.4 is 5.32 Å². The predicted molar refractivity (Wildman–Crippen MR) is 71.5 cm³/mol. The van der Waals surface area contributed by atoms with Crippen molar-refractivity contribution in [3.05, 3.63) is 34.9 Å². The molecule has 0 saturated heterocycles. The fraction of sp³-hybridized carbons (Fsp3) is 0.533. The topological polar surface area (TPSA) is 38.3 Å². The molecule has 0 fully saturated rings. The van der Waals surface area contributed by atoms with Gasteiger partial charge < -0.3 is 10.1 Å². The lowest BCUT2D eigenvalue weighted by molar-refractivity contribution is -0.157. The van der Waals surface area contributed by atoms with Crippen molar-refractivity contribution in [3.8, 4) is 0 Å². The normalized spacial score (nSPS) is 19.2. The zero-order chi connectivity index (χ0) is 13.3. The van der Waals surface area contributed by atoms with Gasteiger partial charge in [0.25, 0.3) is 0 Å². The Morgan fingerprint density at radius 1 is 1.39 bits per heavy atom. The van der Waals surface area contributed by atoms with Crippen LogP contribution in [0.2, 0.25) is 0 Å². The van der Waals surface area contributed by atoms with Gasteiger partial charge in [-0.25, -0.2) is 4.79 Å². The first-order chi connectivity index (χ1) is 8.38. The third-order valence-electron chi connectivity index (χ3n) is 3.12. The highest BCUT2D eigenvalue weighted by molar-refractivity contribution is 5.79. The van der Waals surface area contributed by atoms with E-state index in [1.165, 1.54) is 11.1 Å². The molecule has 1 aliphatic heterocycles. The Balaban J connectivity index is 2.28. The summed E-state index contributed by atoms with van der Waals surface area (Å²) in [5.74, 6) is -0.186. The Bertz CT molecular complexity index is 460. The molecule has 0 aliphatic carbocycles. The maximum atomic E-state index is 12.2. The van der Waals surface area contributed by atoms with Crippen LogP contribution in [0.1, 0.15) is 43.5 Å². The Kier molecular flexibility index (Phi) is 3.44. The maximum absolute atomic E-state index is 12.2. The van der Waals surface area contributed by atoms with Gasteiger partial charge in [-0.15, -0.1) is 0 Å². The van der Waals surface area contributed by atoms with Crippen molar-refractivity contribution >= 4 is 5.97 Å². The van der Waals surface area contributed by atoms with Gasteiger partial charge in [-0.05, 0) is 50.8 Å². The molecule has 1 unspecified atom stereocenters. The van der Waals surface area contributed by atoms with E-state index in [0.717, 1.165) is 18.5 Å².